The molecule has 12 unspecified atom stereocenters. The van der Waals surface area contributed by atoms with Crippen LogP contribution in [0, 0.1) is 0 Å². The molecule has 2 aliphatic rings. The number of carbonyl (C=O) groups is 1. The van der Waals surface area contributed by atoms with Crippen LogP contribution in [-0.2, 0) is 23.7 Å². The topological polar surface area (TPSA) is 228 Å². The molecule has 2 fully saturated rings. The summed E-state index contributed by atoms with van der Waals surface area (Å²) in [6.45, 7) is 2.34. The Morgan fingerprint density at radius 1 is 0.771 bits per heavy atom. The predicted molar refractivity (Wildman–Crippen MR) is 175 cm³/mol. The van der Waals surface area contributed by atoms with Crippen LogP contribution in [-0.4, -0.2) is 140 Å². The number of aliphatic hydroxyl groups excluding tert-OH is 8. The Kier molecular flexibility index (Phi) is 20.8. The molecule has 9 N–H and O–H groups in total. The van der Waals surface area contributed by atoms with Gasteiger partial charge in [0.2, 0.25) is 5.91 Å². The number of unbranched alkanes of at least 4 members (excludes halogenated alkanes) is 6. The smallest absolute Gasteiger partial charge is 0.220 e. The average molecular weight is 690 g/mol. The second-order valence-electron chi connectivity index (χ2n) is 12.3. The van der Waals surface area contributed by atoms with E-state index in [2.05, 4.69) is 30.5 Å². The maximum Gasteiger partial charge on any atom is 0.220 e. The Bertz CT molecular complexity index is 961. The van der Waals surface area contributed by atoms with Crippen LogP contribution >= 0.6 is 0 Å². The third kappa shape index (κ3) is 13.8. The Labute approximate surface area is 283 Å². The van der Waals surface area contributed by atoms with Crippen LogP contribution in [0.1, 0.15) is 78.1 Å². The molecule has 12 atom stereocenters. The van der Waals surface area contributed by atoms with Gasteiger partial charge in [0.25, 0.3) is 0 Å². The van der Waals surface area contributed by atoms with Gasteiger partial charge in [-0.3, -0.25) is 4.79 Å². The summed E-state index contributed by atoms with van der Waals surface area (Å²) in [6.07, 6.45) is 3.03. The molecule has 0 spiro atoms. The minimum atomic E-state index is -1.79. The third-order valence-corrected chi connectivity index (χ3v) is 8.40. The molecule has 2 saturated heterocycles. The van der Waals surface area contributed by atoms with Gasteiger partial charge >= 0.3 is 0 Å². The number of nitrogens with one attached hydrogen (secondary N) is 1. The van der Waals surface area contributed by atoms with Crippen molar-refractivity contribution in [1.29, 1.82) is 0 Å². The van der Waals surface area contributed by atoms with E-state index in [0.717, 1.165) is 44.9 Å². The van der Waals surface area contributed by atoms with E-state index >= 15 is 0 Å². The van der Waals surface area contributed by atoms with Gasteiger partial charge in [-0.2, -0.15) is 0 Å². The fourth-order valence-electron chi connectivity index (χ4n) is 5.44. The lowest BCUT2D eigenvalue weighted by Gasteiger charge is -2.46. The average Bonchev–Trinajstić information content (AvgIpc) is 3.08. The second kappa shape index (κ2) is 23.6. The van der Waals surface area contributed by atoms with Crippen molar-refractivity contribution in [1.82, 2.24) is 5.32 Å². The summed E-state index contributed by atoms with van der Waals surface area (Å²) in [6, 6.07) is -0.927. The van der Waals surface area contributed by atoms with Crippen molar-refractivity contribution < 1.29 is 64.6 Å². The van der Waals surface area contributed by atoms with E-state index < -0.39 is 86.8 Å². The van der Waals surface area contributed by atoms with Gasteiger partial charge in [-0.05, 0) is 39.0 Å². The molecule has 0 bridgehead atoms. The molecule has 14 nitrogen and oxygen atoms in total. The molecule has 0 aliphatic carbocycles. The zero-order valence-corrected chi connectivity index (χ0v) is 28.2. The zero-order valence-electron chi connectivity index (χ0n) is 28.2. The number of ether oxygens (including phenoxy) is 4. The molecular formula is C34H59NO13. The first-order valence-corrected chi connectivity index (χ1v) is 17.2. The Morgan fingerprint density at radius 2 is 1.38 bits per heavy atom. The van der Waals surface area contributed by atoms with Gasteiger partial charge in [-0.15, -0.1) is 0 Å². The molecule has 14 heteroatoms. The molecule has 0 aromatic rings. The van der Waals surface area contributed by atoms with Crippen LogP contribution < -0.4 is 5.32 Å². The first-order valence-electron chi connectivity index (χ1n) is 17.2. The highest BCUT2D eigenvalue weighted by Crippen LogP contribution is 2.29. The quantitative estimate of drug-likeness (QED) is 0.0543. The van der Waals surface area contributed by atoms with Crippen LogP contribution in [0.25, 0.3) is 0 Å². The maximum atomic E-state index is 12.8. The molecule has 0 radical (unpaired) electrons. The van der Waals surface area contributed by atoms with E-state index in [1.54, 1.807) is 6.08 Å². The SMILES string of the molecule is C/C=C/CC/C=C/CC/C=C/C(O)C(COC1OC(CO)C(OC2OC(CO)C(O)C(O)C2O)C(O)C1O)NC(=O)CCCCCCC. The van der Waals surface area contributed by atoms with Crippen LogP contribution in [0.2, 0.25) is 0 Å². The summed E-state index contributed by atoms with van der Waals surface area (Å²) in [5.41, 5.74) is 0. The minimum Gasteiger partial charge on any atom is -0.394 e. The summed E-state index contributed by atoms with van der Waals surface area (Å²) >= 11 is 0. The van der Waals surface area contributed by atoms with E-state index in [0.29, 0.717) is 12.8 Å². The molecule has 48 heavy (non-hydrogen) atoms. The Morgan fingerprint density at radius 3 is 2.02 bits per heavy atom. The van der Waals surface area contributed by atoms with Crippen LogP contribution in [0.5, 0.6) is 0 Å². The number of hydrogen-bond donors (Lipinski definition) is 9. The minimum absolute atomic E-state index is 0.263. The van der Waals surface area contributed by atoms with Crippen molar-refractivity contribution in [3.05, 3.63) is 36.5 Å². The van der Waals surface area contributed by atoms with Crippen molar-refractivity contribution in [3.63, 3.8) is 0 Å². The van der Waals surface area contributed by atoms with Gasteiger partial charge in [0, 0.05) is 6.42 Å². The fourth-order valence-corrected chi connectivity index (χ4v) is 5.44. The molecular weight excluding hydrogens is 630 g/mol. The van der Waals surface area contributed by atoms with E-state index in [-0.39, 0.29) is 18.9 Å². The summed E-state index contributed by atoms with van der Waals surface area (Å²) in [5.74, 6) is -0.275. The molecule has 2 rings (SSSR count). The highest BCUT2D eigenvalue weighted by Gasteiger charge is 2.50. The summed E-state index contributed by atoms with van der Waals surface area (Å²) in [4.78, 5) is 12.8. The first kappa shape index (κ1) is 42.4. The van der Waals surface area contributed by atoms with Crippen LogP contribution in [0.3, 0.4) is 0 Å². The number of rotatable bonds is 22. The lowest BCUT2D eigenvalue weighted by atomic mass is 9.97. The highest BCUT2D eigenvalue weighted by atomic mass is 16.7. The van der Waals surface area contributed by atoms with E-state index in [4.69, 9.17) is 18.9 Å². The fraction of sp³-hybridized carbons (Fsp3) is 0.794. The molecule has 0 aromatic heterocycles. The number of aliphatic hydroxyl groups is 8. The van der Waals surface area contributed by atoms with Gasteiger partial charge in [-0.25, -0.2) is 0 Å². The number of hydrogen-bond acceptors (Lipinski definition) is 13. The summed E-state index contributed by atoms with van der Waals surface area (Å²) in [5, 5.41) is 85.4. The van der Waals surface area contributed by atoms with Crippen LogP contribution in [0.15, 0.2) is 36.5 Å². The van der Waals surface area contributed by atoms with Crippen molar-refractivity contribution >= 4 is 5.91 Å². The van der Waals surface area contributed by atoms with Crippen molar-refractivity contribution in [2.75, 3.05) is 19.8 Å². The van der Waals surface area contributed by atoms with Gasteiger partial charge in [0.15, 0.2) is 12.6 Å². The number of amides is 1. The predicted octanol–water partition coefficient (Wildman–Crippen LogP) is 0.0822. The zero-order chi connectivity index (χ0) is 35.5. The maximum absolute atomic E-state index is 12.8. The van der Waals surface area contributed by atoms with Crippen LogP contribution in [0.4, 0.5) is 0 Å². The molecule has 2 aliphatic heterocycles. The second-order valence-corrected chi connectivity index (χ2v) is 12.3. The Balaban J connectivity index is 2.04. The van der Waals surface area contributed by atoms with E-state index in [9.17, 15) is 45.6 Å². The van der Waals surface area contributed by atoms with Crippen molar-refractivity contribution in [3.8, 4) is 0 Å². The summed E-state index contributed by atoms with van der Waals surface area (Å²) in [7, 11) is 0. The van der Waals surface area contributed by atoms with E-state index in [1.165, 1.54) is 0 Å². The first-order chi connectivity index (χ1) is 23.1. The van der Waals surface area contributed by atoms with Crippen molar-refractivity contribution in [2.45, 2.75) is 152 Å². The standard InChI is InChI=1S/C34H59NO13/c1-3-5-7-9-10-11-12-14-15-17-23(38)22(35-26(39)18-16-13-8-6-4-2)21-45-33-31(44)29(42)32(25(20-37)47-33)48-34-30(43)28(41)27(40)24(19-36)46-34/h3,5,10-11,15,17,22-25,27-34,36-38,40-44H,4,6-9,12-14,16,18-21H2,1-2H3,(H,35,39)/b5-3+,11-10+,17-15+. The van der Waals surface area contributed by atoms with Gasteiger partial charge in [-0.1, -0.05) is 69.1 Å². The van der Waals surface area contributed by atoms with E-state index in [1.807, 2.05) is 19.1 Å². The van der Waals surface area contributed by atoms with Gasteiger partial charge < -0.3 is 65.1 Å². The summed E-state index contributed by atoms with van der Waals surface area (Å²) < 4.78 is 22.3. The molecule has 2 heterocycles. The number of allylic oxidation sites excluding steroid dienone is 5. The largest absolute Gasteiger partial charge is 0.394 e. The third-order valence-electron chi connectivity index (χ3n) is 8.40. The lowest BCUT2D eigenvalue weighted by Crippen LogP contribution is -2.65. The molecule has 0 aromatic carbocycles. The molecule has 1 amide bonds. The highest BCUT2D eigenvalue weighted by molar-refractivity contribution is 5.76. The molecule has 0 saturated carbocycles. The van der Waals surface area contributed by atoms with Gasteiger partial charge in [0.05, 0.1) is 32.0 Å². The Hall–Kier alpha value is -1.79. The number of carbonyl (C=O) groups excluding carboxylic acids is 1. The molecule has 278 valence electrons. The monoisotopic (exact) mass is 689 g/mol. The normalized spacial score (nSPS) is 32.7. The van der Waals surface area contributed by atoms with Crippen molar-refractivity contribution in [2.24, 2.45) is 0 Å². The van der Waals surface area contributed by atoms with Gasteiger partial charge in [0.1, 0.15) is 48.8 Å². The lowest BCUT2D eigenvalue weighted by molar-refractivity contribution is -0.359.